The summed E-state index contributed by atoms with van der Waals surface area (Å²) >= 11 is 5.97. The number of nitrogens with zero attached hydrogens (tertiary/aromatic N) is 6. The maximum Gasteiger partial charge on any atom is 0.264 e. The van der Waals surface area contributed by atoms with Crippen molar-refractivity contribution in [2.24, 2.45) is 0 Å². The van der Waals surface area contributed by atoms with E-state index in [0.29, 0.717) is 65.2 Å². The molecule has 5 heterocycles. The number of imide groups is 2. The summed E-state index contributed by atoms with van der Waals surface area (Å²) in [7, 11) is 1.50. The van der Waals surface area contributed by atoms with Crippen LogP contribution in [0.2, 0.25) is 5.02 Å². The molecule has 4 aliphatic heterocycles. The number of piperazine rings is 1. The van der Waals surface area contributed by atoms with Crippen molar-refractivity contribution in [3.63, 3.8) is 0 Å². The molecule has 1 unspecified atom stereocenters. The Morgan fingerprint density at radius 2 is 1.71 bits per heavy atom. The first-order chi connectivity index (χ1) is 32.9. The summed E-state index contributed by atoms with van der Waals surface area (Å²) in [6.07, 6.45) is 6.85. The van der Waals surface area contributed by atoms with Gasteiger partial charge in [0, 0.05) is 100 Å². The van der Waals surface area contributed by atoms with Crippen molar-refractivity contribution >= 4 is 86.7 Å². The molecule has 0 aliphatic carbocycles. The minimum atomic E-state index is -1.07. The summed E-state index contributed by atoms with van der Waals surface area (Å²) in [6, 6.07) is 11.8. The summed E-state index contributed by atoms with van der Waals surface area (Å²) < 4.78 is 19.3. The maximum atomic E-state index is 13.7. The van der Waals surface area contributed by atoms with Crippen LogP contribution in [0.15, 0.2) is 67.0 Å². The summed E-state index contributed by atoms with van der Waals surface area (Å²) in [4.78, 5) is 105. The molecule has 21 heteroatoms. The number of carbonyl (C=O) groups excluding carboxylic acids is 7. The van der Waals surface area contributed by atoms with Gasteiger partial charge in [0.2, 0.25) is 29.5 Å². The summed E-state index contributed by atoms with van der Waals surface area (Å²) in [5, 5.41) is 14.7. The number of hydrogen-bond donors (Lipinski definition) is 5. The van der Waals surface area contributed by atoms with Gasteiger partial charge < -0.3 is 30.9 Å². The number of ether oxygens (including phenoxy) is 1. The molecular formula is C47H51ClFN11O8. The van der Waals surface area contributed by atoms with E-state index < -0.39 is 35.5 Å². The second-order valence-corrected chi connectivity index (χ2v) is 17.2. The molecule has 3 aromatic carbocycles. The smallest absolute Gasteiger partial charge is 0.264 e. The van der Waals surface area contributed by atoms with Crippen molar-refractivity contribution in [3.05, 3.63) is 89.0 Å². The Morgan fingerprint density at radius 3 is 2.46 bits per heavy atom. The van der Waals surface area contributed by atoms with Crippen molar-refractivity contribution in [2.75, 3.05) is 82.0 Å². The zero-order chi connectivity index (χ0) is 47.9. The Kier molecular flexibility index (Phi) is 14.9. The van der Waals surface area contributed by atoms with Gasteiger partial charge in [-0.15, -0.1) is 0 Å². The molecule has 19 nitrogen and oxygen atoms in total. The largest absolute Gasteiger partial charge is 0.494 e. The molecule has 0 spiro atoms. The summed E-state index contributed by atoms with van der Waals surface area (Å²) in [5.74, 6) is -2.72. The molecule has 68 heavy (non-hydrogen) atoms. The summed E-state index contributed by atoms with van der Waals surface area (Å²) in [5.41, 5.74) is 2.21. The highest BCUT2D eigenvalue weighted by Gasteiger charge is 2.45. The van der Waals surface area contributed by atoms with E-state index >= 15 is 0 Å². The van der Waals surface area contributed by atoms with Crippen molar-refractivity contribution < 1.29 is 42.7 Å². The van der Waals surface area contributed by atoms with Gasteiger partial charge in [0.1, 0.15) is 29.8 Å². The monoisotopic (exact) mass is 951 g/mol. The molecule has 3 saturated heterocycles. The van der Waals surface area contributed by atoms with Gasteiger partial charge >= 0.3 is 0 Å². The Hall–Kier alpha value is -7.03. The standard InChI is InChI=1S/C47H51ClFN11O8/c1-68-38-26-35-31(44(53-27-52-35)54-28-7-8-33(49)32(48)24-28)25-36(38)55-40(62)6-3-17-57-18-13-29(14-19-57)58-20-22-59(23-21-58)42(64)12-11-39(61)51-16-15-50-34-5-2-4-30-43(34)47(67)60(46(30)66)37-9-10-41(63)56-45(37)65/h2-8,24-27,29,37,50H,9-23H2,1H3,(H,51,61)(H,55,62)(H,52,53,54)(H,56,63,65)/b6-3+. The van der Waals surface area contributed by atoms with Gasteiger partial charge in [0.15, 0.2) is 0 Å². The van der Waals surface area contributed by atoms with Crippen molar-refractivity contribution in [1.82, 2.24) is 40.2 Å². The molecule has 8 rings (SSSR count). The van der Waals surface area contributed by atoms with Crippen LogP contribution in [0.4, 0.5) is 27.3 Å². The van der Waals surface area contributed by atoms with Crippen LogP contribution in [0.3, 0.4) is 0 Å². The number of nitrogens with one attached hydrogen (secondary N) is 5. The number of halogens is 2. The van der Waals surface area contributed by atoms with Crippen LogP contribution in [-0.4, -0.2) is 149 Å². The number of rotatable bonds is 16. The molecule has 0 bridgehead atoms. The van der Waals surface area contributed by atoms with Gasteiger partial charge in [-0.25, -0.2) is 14.4 Å². The number of carbonyl (C=O) groups is 7. The van der Waals surface area contributed by atoms with Crippen LogP contribution in [0.25, 0.3) is 10.9 Å². The van der Waals surface area contributed by atoms with E-state index in [1.54, 1.807) is 30.3 Å². The van der Waals surface area contributed by atoms with Gasteiger partial charge in [-0.2, -0.15) is 0 Å². The van der Waals surface area contributed by atoms with Crippen LogP contribution >= 0.6 is 11.6 Å². The molecule has 3 fully saturated rings. The van der Waals surface area contributed by atoms with E-state index in [1.165, 1.54) is 37.7 Å². The van der Waals surface area contributed by atoms with E-state index in [4.69, 9.17) is 16.3 Å². The third kappa shape index (κ3) is 10.9. The van der Waals surface area contributed by atoms with Crippen LogP contribution in [0.1, 0.15) is 59.2 Å². The van der Waals surface area contributed by atoms with Crippen molar-refractivity contribution in [3.8, 4) is 5.75 Å². The number of hydrogen-bond acceptors (Lipinski definition) is 14. The molecule has 4 aliphatic rings. The average Bonchev–Trinajstić information content (AvgIpc) is 3.59. The molecule has 0 saturated carbocycles. The van der Waals surface area contributed by atoms with Crippen molar-refractivity contribution in [2.45, 2.75) is 50.6 Å². The fraction of sp³-hybridized carbons (Fsp3) is 0.383. The second-order valence-electron chi connectivity index (χ2n) is 16.8. The predicted molar refractivity (Wildman–Crippen MR) is 250 cm³/mol. The van der Waals surface area contributed by atoms with Gasteiger partial charge in [-0.3, -0.25) is 53.6 Å². The van der Waals surface area contributed by atoms with E-state index in [1.807, 2.05) is 11.0 Å². The number of likely N-dealkylation sites (tertiary alicyclic amines) is 1. The van der Waals surface area contributed by atoms with Crippen molar-refractivity contribution in [1.29, 1.82) is 0 Å². The highest BCUT2D eigenvalue weighted by molar-refractivity contribution is 6.31. The second kappa shape index (κ2) is 21.3. The Morgan fingerprint density at radius 1 is 0.912 bits per heavy atom. The van der Waals surface area contributed by atoms with E-state index in [9.17, 15) is 38.0 Å². The molecule has 7 amide bonds. The SMILES string of the molecule is COc1cc2ncnc(Nc3ccc(F)c(Cl)c3)c2cc1NC(=O)/C=C/CN1CCC(N2CCN(C(=O)CCC(=O)NCCNc3cccc4c3C(=O)N(C3CCC(=O)NC3=O)C4=O)CC2)CC1. The average molecular weight is 952 g/mol. The number of piperidine rings is 2. The number of aromatic nitrogens is 2. The minimum Gasteiger partial charge on any atom is -0.494 e. The normalized spacial score (nSPS) is 18.2. The third-order valence-electron chi connectivity index (χ3n) is 12.6. The van der Waals surface area contributed by atoms with Gasteiger partial charge in [0.25, 0.3) is 11.8 Å². The lowest BCUT2D eigenvalue weighted by Crippen LogP contribution is -2.54. The number of fused-ring (bicyclic) bond motifs is 2. The number of amides is 7. The number of anilines is 4. The fourth-order valence-corrected chi connectivity index (χ4v) is 9.16. The van der Waals surface area contributed by atoms with Gasteiger partial charge in [0.05, 0.1) is 34.5 Å². The zero-order valence-electron chi connectivity index (χ0n) is 37.3. The quantitative estimate of drug-likeness (QED) is 0.0614. The molecule has 356 valence electrons. The first-order valence-corrected chi connectivity index (χ1v) is 22.9. The van der Waals surface area contributed by atoms with E-state index in [-0.39, 0.29) is 72.6 Å². The van der Waals surface area contributed by atoms with Crippen LogP contribution < -0.4 is 31.3 Å². The van der Waals surface area contributed by atoms with Gasteiger partial charge in [-0.1, -0.05) is 23.7 Å². The minimum absolute atomic E-state index is 0.0252. The van der Waals surface area contributed by atoms with Crippen LogP contribution in [0, 0.1) is 5.82 Å². The molecule has 1 atom stereocenters. The van der Waals surface area contributed by atoms with E-state index in [0.717, 1.165) is 43.9 Å². The highest BCUT2D eigenvalue weighted by Crippen LogP contribution is 2.35. The lowest BCUT2D eigenvalue weighted by molar-refractivity contribution is -0.136. The molecule has 5 N–H and O–H groups in total. The van der Waals surface area contributed by atoms with E-state index in [2.05, 4.69) is 46.4 Å². The fourth-order valence-electron chi connectivity index (χ4n) is 8.98. The molecular weight excluding hydrogens is 901 g/mol. The number of benzene rings is 3. The molecule has 4 aromatic rings. The highest BCUT2D eigenvalue weighted by atomic mass is 35.5. The lowest BCUT2D eigenvalue weighted by atomic mass is 10.0. The first kappa shape index (κ1) is 47.5. The zero-order valence-corrected chi connectivity index (χ0v) is 38.1. The predicted octanol–water partition coefficient (Wildman–Crippen LogP) is 3.69. The summed E-state index contributed by atoms with van der Waals surface area (Å²) in [6.45, 7) is 5.45. The lowest BCUT2D eigenvalue weighted by Gasteiger charge is -2.42. The molecule has 0 radical (unpaired) electrons. The Balaban J connectivity index is 0.717. The third-order valence-corrected chi connectivity index (χ3v) is 12.9. The molecule has 1 aromatic heterocycles. The Labute approximate surface area is 395 Å². The first-order valence-electron chi connectivity index (χ1n) is 22.5. The van der Waals surface area contributed by atoms with Crippen LogP contribution in [0.5, 0.6) is 5.75 Å². The number of methoxy groups -OCH3 is 1. The maximum absolute atomic E-state index is 13.7. The topological polar surface area (TPSA) is 228 Å². The van der Waals surface area contributed by atoms with Crippen LogP contribution in [-0.2, 0) is 24.0 Å². The van der Waals surface area contributed by atoms with Gasteiger partial charge in [-0.05, 0) is 68.8 Å². The Bertz CT molecular complexity index is 2670.